The van der Waals surface area contributed by atoms with Crippen LogP contribution >= 0.6 is 11.5 Å². The molecule has 0 radical (unpaired) electrons. The minimum atomic E-state index is -1.17. The van der Waals surface area contributed by atoms with Crippen LogP contribution in [0.15, 0.2) is 60.8 Å². The van der Waals surface area contributed by atoms with Crippen molar-refractivity contribution in [1.29, 1.82) is 0 Å². The lowest BCUT2D eigenvalue weighted by molar-refractivity contribution is -0.122. The number of nitrogens with two attached hydrogens (primary N) is 2. The molecule has 2 heterocycles. The highest BCUT2D eigenvalue weighted by Gasteiger charge is 2.37. The molecule has 2 aromatic heterocycles. The number of rotatable bonds is 10. The first kappa shape index (κ1) is 26.5. The number of nitrogen functional groups attached to an aromatic ring is 1. The molecule has 0 unspecified atom stereocenters. The summed E-state index contributed by atoms with van der Waals surface area (Å²) >= 11 is 0.728. The molecule has 0 aliphatic heterocycles. The van der Waals surface area contributed by atoms with E-state index in [4.69, 9.17) is 20.9 Å². The molecule has 0 bridgehead atoms. The van der Waals surface area contributed by atoms with Crippen molar-refractivity contribution in [1.82, 2.24) is 14.7 Å². The molecule has 11 nitrogen and oxygen atoms in total. The monoisotopic (exact) mass is 534 g/mol. The first-order valence-corrected chi connectivity index (χ1v) is 12.3. The van der Waals surface area contributed by atoms with Crippen LogP contribution in [0.1, 0.15) is 31.8 Å². The molecule has 38 heavy (non-hydrogen) atoms. The number of carbonyl (C=O) groups is 3. The number of pyridine rings is 1. The topological polar surface area (TPSA) is 163 Å². The van der Waals surface area contributed by atoms with Gasteiger partial charge in [-0.3, -0.25) is 24.3 Å². The van der Waals surface area contributed by atoms with Gasteiger partial charge in [0.15, 0.2) is 5.69 Å². The number of hydrogen-bond donors (Lipinski definition) is 3. The van der Waals surface area contributed by atoms with Crippen LogP contribution in [0, 0.1) is 0 Å². The average Bonchev–Trinajstić information content (AvgIpc) is 3.32. The summed E-state index contributed by atoms with van der Waals surface area (Å²) in [6.07, 6.45) is 1.67. The summed E-state index contributed by atoms with van der Waals surface area (Å²) < 4.78 is 14.6. The summed E-state index contributed by atoms with van der Waals surface area (Å²) in [6.45, 7) is 0.482. The van der Waals surface area contributed by atoms with Gasteiger partial charge in [-0.1, -0.05) is 24.3 Å². The van der Waals surface area contributed by atoms with Crippen LogP contribution in [-0.4, -0.2) is 54.5 Å². The highest BCUT2D eigenvalue weighted by Crippen LogP contribution is 2.38. The van der Waals surface area contributed by atoms with E-state index >= 15 is 0 Å². The number of nitrogens with zero attached hydrogens (tertiary/aromatic N) is 3. The van der Waals surface area contributed by atoms with Gasteiger partial charge in [0.25, 0.3) is 11.8 Å². The van der Waals surface area contributed by atoms with E-state index in [0.717, 1.165) is 22.4 Å². The molecular weight excluding hydrogens is 508 g/mol. The Morgan fingerprint density at radius 2 is 1.89 bits per heavy atom. The molecule has 0 saturated carbocycles. The Labute approximate surface area is 222 Å². The molecule has 0 aliphatic rings. The van der Waals surface area contributed by atoms with Gasteiger partial charge in [0, 0.05) is 25.2 Å². The summed E-state index contributed by atoms with van der Waals surface area (Å²) in [6, 6.07) is 14.6. The Bertz CT molecular complexity index is 1490. The number of hydrogen-bond acceptors (Lipinski definition) is 9. The third-order valence-electron chi connectivity index (χ3n) is 5.77. The highest BCUT2D eigenvalue weighted by molar-refractivity contribution is 7.09. The molecule has 4 rings (SSSR count). The minimum absolute atomic E-state index is 0.0400. The van der Waals surface area contributed by atoms with Crippen molar-refractivity contribution < 1.29 is 23.9 Å². The number of carbonyl (C=O) groups excluding carboxylic acids is 3. The van der Waals surface area contributed by atoms with Crippen molar-refractivity contribution in [3.05, 3.63) is 76.9 Å². The second kappa shape index (κ2) is 11.7. The van der Waals surface area contributed by atoms with Gasteiger partial charge in [0.2, 0.25) is 5.91 Å². The fourth-order valence-corrected chi connectivity index (χ4v) is 4.73. The summed E-state index contributed by atoms with van der Waals surface area (Å²) in [5, 5.41) is 3.61. The first-order valence-electron chi connectivity index (χ1n) is 11.5. The van der Waals surface area contributed by atoms with E-state index < -0.39 is 23.8 Å². The van der Waals surface area contributed by atoms with Crippen molar-refractivity contribution in [3.63, 3.8) is 0 Å². The molecule has 5 N–H and O–H groups in total. The van der Waals surface area contributed by atoms with Crippen molar-refractivity contribution in [2.45, 2.75) is 6.04 Å². The third kappa shape index (κ3) is 5.26. The predicted octanol–water partition coefficient (Wildman–Crippen LogP) is 2.53. The molecule has 0 saturated heterocycles. The number of fused-ring (bicyclic) bond motifs is 1. The summed E-state index contributed by atoms with van der Waals surface area (Å²) in [7, 11) is 2.98. The van der Waals surface area contributed by atoms with E-state index in [9.17, 15) is 14.4 Å². The van der Waals surface area contributed by atoms with Crippen LogP contribution in [-0.2, 0) is 9.53 Å². The van der Waals surface area contributed by atoms with E-state index in [2.05, 4.69) is 14.7 Å². The molecule has 4 aromatic rings. The van der Waals surface area contributed by atoms with E-state index in [-0.39, 0.29) is 29.4 Å². The van der Waals surface area contributed by atoms with E-state index in [1.54, 1.807) is 54.7 Å². The van der Waals surface area contributed by atoms with Crippen LogP contribution in [0.4, 0.5) is 11.4 Å². The molecule has 0 spiro atoms. The number of nitrogens with one attached hydrogen (secondary N) is 1. The molecule has 12 heteroatoms. The molecule has 2 aromatic carbocycles. The molecule has 0 fully saturated rings. The molecular formula is C26H26N6O5S. The number of benzene rings is 2. The van der Waals surface area contributed by atoms with Gasteiger partial charge in [-0.15, -0.1) is 0 Å². The largest absolute Gasteiger partial charge is 0.495 e. The lowest BCUT2D eigenvalue weighted by Crippen LogP contribution is -2.45. The predicted molar refractivity (Wildman–Crippen MR) is 144 cm³/mol. The Hall–Kier alpha value is -4.55. The van der Waals surface area contributed by atoms with Crippen molar-refractivity contribution in [2.24, 2.45) is 5.73 Å². The standard InChI is InChI=1S/C26H26N6O5S/c1-36-13-12-30-25(34)22(16-9-10-17-15(14-16)6-5-11-29-17)32(18-7-3-4-8-19(18)37-2)26(35)23-20(27)21(24(28)33)31-38-23/h3-11,14,22H,12-13,27H2,1-2H3,(H2,28,33)(H,30,34)/t22-/m1/s1. The van der Waals surface area contributed by atoms with Crippen molar-refractivity contribution >= 4 is 51.5 Å². The van der Waals surface area contributed by atoms with Gasteiger partial charge in [0.05, 0.1) is 30.6 Å². The quantitative estimate of drug-likeness (QED) is 0.261. The van der Waals surface area contributed by atoms with Crippen LogP contribution in [0.2, 0.25) is 0 Å². The normalized spacial score (nSPS) is 11.6. The van der Waals surface area contributed by atoms with Crippen LogP contribution in [0.3, 0.4) is 0 Å². The maximum absolute atomic E-state index is 14.2. The summed E-state index contributed by atoms with van der Waals surface area (Å²) in [5.74, 6) is -1.65. The number of para-hydroxylation sites is 2. The van der Waals surface area contributed by atoms with Crippen molar-refractivity contribution in [3.8, 4) is 5.75 Å². The van der Waals surface area contributed by atoms with Gasteiger partial charge in [-0.05, 0) is 47.4 Å². The highest BCUT2D eigenvalue weighted by atomic mass is 32.1. The Kier molecular flexibility index (Phi) is 8.14. The SMILES string of the molecule is COCCNC(=O)[C@@H](c1ccc2ncccc2c1)N(C(=O)c1snc(C(N)=O)c1N)c1ccccc1OC. The zero-order chi connectivity index (χ0) is 27.2. The molecule has 196 valence electrons. The smallest absolute Gasteiger partial charge is 0.273 e. The van der Waals surface area contributed by atoms with Gasteiger partial charge in [-0.25, -0.2) is 0 Å². The zero-order valence-electron chi connectivity index (χ0n) is 20.7. The van der Waals surface area contributed by atoms with E-state index in [1.165, 1.54) is 19.1 Å². The molecule has 1 atom stereocenters. The third-order valence-corrected chi connectivity index (χ3v) is 6.62. The number of anilines is 2. The number of ether oxygens (including phenoxy) is 2. The van der Waals surface area contributed by atoms with Gasteiger partial charge in [0.1, 0.15) is 16.7 Å². The van der Waals surface area contributed by atoms with Gasteiger partial charge < -0.3 is 26.3 Å². The summed E-state index contributed by atoms with van der Waals surface area (Å²) in [5.41, 5.74) is 12.7. The number of methoxy groups -OCH3 is 2. The van der Waals surface area contributed by atoms with Crippen LogP contribution in [0.5, 0.6) is 5.75 Å². The minimum Gasteiger partial charge on any atom is -0.495 e. The van der Waals surface area contributed by atoms with Gasteiger partial charge >= 0.3 is 0 Å². The maximum Gasteiger partial charge on any atom is 0.273 e. The van der Waals surface area contributed by atoms with Crippen LogP contribution < -0.4 is 26.4 Å². The van der Waals surface area contributed by atoms with Crippen LogP contribution in [0.25, 0.3) is 10.9 Å². The zero-order valence-corrected chi connectivity index (χ0v) is 21.5. The summed E-state index contributed by atoms with van der Waals surface area (Å²) in [4.78, 5) is 45.3. The number of primary amides is 1. The number of amides is 3. The maximum atomic E-state index is 14.2. The fourth-order valence-electron chi connectivity index (χ4n) is 3.99. The fraction of sp³-hybridized carbons (Fsp3) is 0.192. The molecule has 3 amide bonds. The lowest BCUT2D eigenvalue weighted by atomic mass is 10.00. The van der Waals surface area contributed by atoms with E-state index in [0.29, 0.717) is 17.0 Å². The first-order chi connectivity index (χ1) is 18.4. The average molecular weight is 535 g/mol. The Balaban J connectivity index is 1.93. The second-order valence-electron chi connectivity index (χ2n) is 8.13. The Morgan fingerprint density at radius 3 is 2.61 bits per heavy atom. The van der Waals surface area contributed by atoms with Crippen molar-refractivity contribution in [2.75, 3.05) is 38.0 Å². The molecule has 0 aliphatic carbocycles. The lowest BCUT2D eigenvalue weighted by Gasteiger charge is -2.32. The number of aromatic nitrogens is 2. The van der Waals surface area contributed by atoms with E-state index in [1.807, 2.05) is 6.07 Å². The second-order valence-corrected chi connectivity index (χ2v) is 8.90. The Morgan fingerprint density at radius 1 is 1.11 bits per heavy atom. The van der Waals surface area contributed by atoms with Gasteiger partial charge in [-0.2, -0.15) is 4.37 Å².